The Morgan fingerprint density at radius 1 is 0.789 bits per heavy atom. The van der Waals surface area contributed by atoms with Crippen LogP contribution < -0.4 is 0 Å². The van der Waals surface area contributed by atoms with E-state index in [2.05, 4.69) is 0 Å². The minimum Gasteiger partial charge on any atom is -0.508 e. The summed E-state index contributed by atoms with van der Waals surface area (Å²) < 4.78 is 0. The quantitative estimate of drug-likeness (QED) is 0.726. The van der Waals surface area contributed by atoms with Crippen molar-refractivity contribution < 1.29 is 15.3 Å². The van der Waals surface area contributed by atoms with Gasteiger partial charge in [0, 0.05) is 23.1 Å². The molecule has 3 N–H and O–H groups in total. The van der Waals surface area contributed by atoms with Crippen LogP contribution >= 0.6 is 0 Å². The number of phenolic OH excluding ortho intramolecular Hbond substituents is 3. The van der Waals surface area contributed by atoms with Gasteiger partial charge in [-0.25, -0.2) is 0 Å². The van der Waals surface area contributed by atoms with E-state index < -0.39 is 0 Å². The molecule has 0 saturated heterocycles. The van der Waals surface area contributed by atoms with Gasteiger partial charge in [0.1, 0.15) is 17.2 Å². The topological polar surface area (TPSA) is 60.7 Å². The lowest BCUT2D eigenvalue weighted by atomic mass is 9.48. The third-order valence-corrected chi connectivity index (χ3v) is 5.65. The van der Waals surface area contributed by atoms with Crippen molar-refractivity contribution in [1.82, 2.24) is 0 Å². The van der Waals surface area contributed by atoms with Gasteiger partial charge in [0.2, 0.25) is 0 Å². The van der Waals surface area contributed by atoms with Gasteiger partial charge in [-0.2, -0.15) is 0 Å². The average Bonchev–Trinajstić information content (AvgIpc) is 2.24. The van der Waals surface area contributed by atoms with Crippen molar-refractivity contribution in [1.29, 1.82) is 0 Å². The summed E-state index contributed by atoms with van der Waals surface area (Å²) in [5, 5.41) is 29.9. The van der Waals surface area contributed by atoms with Crippen molar-refractivity contribution >= 4 is 0 Å². The van der Waals surface area contributed by atoms with Crippen LogP contribution in [0.15, 0.2) is 12.1 Å². The molecule has 0 aliphatic heterocycles. The second-order valence-electron chi connectivity index (χ2n) is 7.06. The van der Waals surface area contributed by atoms with Crippen LogP contribution in [0.5, 0.6) is 17.2 Å². The molecular weight excluding hydrogens is 240 g/mol. The molecule has 102 valence electrons. The molecule has 5 rings (SSSR count). The standard InChI is InChI=1S/C16H20O3/c17-12-4-13(18)15(14(19)5-12)16-6-9-1-10(7-16)3-11(2-9)8-16/h4-5,9-11,17-19H,1-3,6-8H2. The monoisotopic (exact) mass is 260 g/mol. The van der Waals surface area contributed by atoms with E-state index in [4.69, 9.17) is 0 Å². The molecule has 3 heteroatoms. The first-order valence-corrected chi connectivity index (χ1v) is 7.31. The van der Waals surface area contributed by atoms with Gasteiger partial charge in [-0.3, -0.25) is 0 Å². The highest BCUT2D eigenvalue weighted by atomic mass is 16.3. The summed E-state index contributed by atoms with van der Waals surface area (Å²) in [6.07, 6.45) is 7.26. The van der Waals surface area contributed by atoms with Gasteiger partial charge in [0.25, 0.3) is 0 Å². The van der Waals surface area contributed by atoms with E-state index >= 15 is 0 Å². The van der Waals surface area contributed by atoms with Crippen LogP contribution in [0.3, 0.4) is 0 Å². The van der Waals surface area contributed by atoms with Gasteiger partial charge in [-0.15, -0.1) is 0 Å². The molecule has 4 bridgehead atoms. The fraction of sp³-hybridized carbons (Fsp3) is 0.625. The Hall–Kier alpha value is -1.38. The number of hydrogen-bond donors (Lipinski definition) is 3. The van der Waals surface area contributed by atoms with Crippen LogP contribution in [-0.2, 0) is 5.41 Å². The second-order valence-corrected chi connectivity index (χ2v) is 7.06. The Balaban J connectivity index is 1.84. The molecule has 1 aromatic carbocycles. The van der Waals surface area contributed by atoms with Crippen LogP contribution in [0.1, 0.15) is 44.1 Å². The molecule has 0 amide bonds. The highest BCUT2D eigenvalue weighted by Crippen LogP contribution is 2.63. The third-order valence-electron chi connectivity index (χ3n) is 5.65. The highest BCUT2D eigenvalue weighted by molar-refractivity contribution is 5.53. The average molecular weight is 260 g/mol. The fourth-order valence-electron chi connectivity index (χ4n) is 5.56. The Bertz CT molecular complexity index is 477. The summed E-state index contributed by atoms with van der Waals surface area (Å²) in [7, 11) is 0. The molecule has 1 aromatic rings. The Morgan fingerprint density at radius 2 is 1.21 bits per heavy atom. The number of benzene rings is 1. The zero-order chi connectivity index (χ0) is 13.2. The third kappa shape index (κ3) is 1.57. The zero-order valence-electron chi connectivity index (χ0n) is 11.0. The smallest absolute Gasteiger partial charge is 0.126 e. The summed E-state index contributed by atoms with van der Waals surface area (Å²) in [6, 6.07) is 2.74. The normalized spacial score (nSPS) is 39.7. The maximum atomic E-state index is 10.2. The molecule has 4 aliphatic carbocycles. The van der Waals surface area contributed by atoms with E-state index in [-0.39, 0.29) is 22.7 Å². The second kappa shape index (κ2) is 3.59. The first-order valence-electron chi connectivity index (χ1n) is 7.31. The zero-order valence-corrected chi connectivity index (χ0v) is 11.0. The predicted octanol–water partition coefficient (Wildman–Crippen LogP) is 3.27. The predicted molar refractivity (Wildman–Crippen MR) is 71.3 cm³/mol. The van der Waals surface area contributed by atoms with Crippen LogP contribution in [0, 0.1) is 17.8 Å². The molecule has 19 heavy (non-hydrogen) atoms. The molecule has 0 aromatic heterocycles. The van der Waals surface area contributed by atoms with E-state index in [1.165, 1.54) is 31.4 Å². The minimum atomic E-state index is -0.0662. The minimum absolute atomic E-state index is 0.0450. The number of hydrogen-bond acceptors (Lipinski definition) is 3. The van der Waals surface area contributed by atoms with E-state index in [0.717, 1.165) is 37.0 Å². The van der Waals surface area contributed by atoms with Crippen LogP contribution in [0.4, 0.5) is 0 Å². The maximum Gasteiger partial charge on any atom is 0.126 e. The summed E-state index contributed by atoms with van der Waals surface area (Å²) in [4.78, 5) is 0. The van der Waals surface area contributed by atoms with E-state index in [0.29, 0.717) is 5.56 Å². The molecule has 4 saturated carbocycles. The molecule has 4 aliphatic rings. The van der Waals surface area contributed by atoms with Crippen molar-refractivity contribution in [3.8, 4) is 17.2 Å². The van der Waals surface area contributed by atoms with E-state index in [1.807, 2.05) is 0 Å². The lowest BCUT2D eigenvalue weighted by molar-refractivity contribution is -0.00713. The van der Waals surface area contributed by atoms with Crippen molar-refractivity contribution in [3.63, 3.8) is 0 Å². The maximum absolute atomic E-state index is 10.2. The fourth-order valence-corrected chi connectivity index (χ4v) is 5.56. The molecule has 0 heterocycles. The summed E-state index contributed by atoms with van der Waals surface area (Å²) >= 11 is 0. The lowest BCUT2D eigenvalue weighted by Crippen LogP contribution is -2.48. The van der Waals surface area contributed by atoms with Crippen molar-refractivity contribution in [2.24, 2.45) is 17.8 Å². The molecular formula is C16H20O3. The Morgan fingerprint density at radius 3 is 1.63 bits per heavy atom. The molecule has 4 fully saturated rings. The molecule has 0 radical (unpaired) electrons. The highest BCUT2D eigenvalue weighted by Gasteiger charge is 2.53. The van der Waals surface area contributed by atoms with Crippen molar-refractivity contribution in [2.45, 2.75) is 43.9 Å². The SMILES string of the molecule is Oc1cc(O)c(C23CC4CC(CC(C4)C2)C3)c(O)c1. The molecule has 0 atom stereocenters. The summed E-state index contributed by atoms with van der Waals surface area (Å²) in [5.74, 6) is 2.36. The lowest BCUT2D eigenvalue weighted by Gasteiger charge is -2.57. The van der Waals surface area contributed by atoms with Crippen LogP contribution in [0.2, 0.25) is 0 Å². The van der Waals surface area contributed by atoms with E-state index in [9.17, 15) is 15.3 Å². The van der Waals surface area contributed by atoms with Crippen molar-refractivity contribution in [3.05, 3.63) is 17.7 Å². The van der Waals surface area contributed by atoms with Gasteiger partial charge in [0.05, 0.1) is 0 Å². The molecule has 0 unspecified atom stereocenters. The van der Waals surface area contributed by atoms with Crippen LogP contribution in [-0.4, -0.2) is 15.3 Å². The summed E-state index contributed by atoms with van der Waals surface area (Å²) in [5.41, 5.74) is 0.653. The first-order chi connectivity index (χ1) is 9.06. The van der Waals surface area contributed by atoms with Crippen LogP contribution in [0.25, 0.3) is 0 Å². The Kier molecular flexibility index (Phi) is 2.16. The van der Waals surface area contributed by atoms with E-state index in [1.54, 1.807) is 0 Å². The van der Waals surface area contributed by atoms with Gasteiger partial charge in [-0.1, -0.05) is 0 Å². The molecule has 0 spiro atoms. The van der Waals surface area contributed by atoms with Gasteiger partial charge in [0.15, 0.2) is 0 Å². The largest absolute Gasteiger partial charge is 0.508 e. The van der Waals surface area contributed by atoms with Gasteiger partial charge in [-0.05, 0) is 56.3 Å². The van der Waals surface area contributed by atoms with Gasteiger partial charge < -0.3 is 15.3 Å². The number of rotatable bonds is 1. The number of phenols is 3. The molecule has 3 nitrogen and oxygen atoms in total. The first kappa shape index (κ1) is 11.4. The number of aromatic hydroxyl groups is 3. The van der Waals surface area contributed by atoms with Gasteiger partial charge >= 0.3 is 0 Å². The summed E-state index contributed by atoms with van der Waals surface area (Å²) in [6.45, 7) is 0. The Labute approximate surface area is 112 Å². The van der Waals surface area contributed by atoms with Crippen molar-refractivity contribution in [2.75, 3.05) is 0 Å².